The predicted octanol–water partition coefficient (Wildman–Crippen LogP) is 4.94. The maximum Gasteiger partial charge on any atom is 0.329 e. The van der Waals surface area contributed by atoms with Gasteiger partial charge in [-0.3, -0.25) is 4.79 Å². The molecule has 0 radical (unpaired) electrons. The fourth-order valence-electron chi connectivity index (χ4n) is 2.79. The highest BCUT2D eigenvalue weighted by Crippen LogP contribution is 2.39. The molecule has 2 aromatic rings. The van der Waals surface area contributed by atoms with Gasteiger partial charge in [0, 0.05) is 18.4 Å². The van der Waals surface area contributed by atoms with Crippen LogP contribution in [0.5, 0.6) is 0 Å². The first-order valence-electron chi connectivity index (χ1n) is 7.24. The minimum Gasteiger partial charge on any atom is -0.344 e. The lowest BCUT2D eigenvalue weighted by Crippen LogP contribution is -2.20. The number of hydrogen-bond donors (Lipinski definition) is 1. The second-order valence-corrected chi connectivity index (χ2v) is 6.18. The molecule has 1 aliphatic rings. The lowest BCUT2D eigenvalue weighted by Gasteiger charge is -2.26. The molecule has 3 rings (SSSR count). The number of halogens is 2. The minimum absolute atomic E-state index is 0.184. The van der Waals surface area contributed by atoms with E-state index in [2.05, 4.69) is 11.5 Å². The standard InChI is InChI=1S/C18H15Cl2NO2/c1-11(22)23-21-18-9-7-13(14-4-2-3-5-15(14)18)12-6-8-16(19)17(20)10-12/h2-6,8-10,13,21H,7H2,1H3/t13-/m0/s1. The molecule has 0 unspecified atom stereocenters. The molecule has 1 N–H and O–H groups in total. The molecule has 1 atom stereocenters. The van der Waals surface area contributed by atoms with Gasteiger partial charge in [0.2, 0.25) is 0 Å². The van der Waals surface area contributed by atoms with Crippen LogP contribution in [0.15, 0.2) is 48.5 Å². The molecule has 0 bridgehead atoms. The summed E-state index contributed by atoms with van der Waals surface area (Å²) in [5.41, 5.74) is 6.80. The second-order valence-electron chi connectivity index (χ2n) is 5.36. The van der Waals surface area contributed by atoms with Gasteiger partial charge in [-0.2, -0.15) is 0 Å². The summed E-state index contributed by atoms with van der Waals surface area (Å²) in [5, 5.41) is 1.10. The molecule has 23 heavy (non-hydrogen) atoms. The molecule has 0 fully saturated rings. The first kappa shape index (κ1) is 15.9. The number of hydrogen-bond acceptors (Lipinski definition) is 3. The van der Waals surface area contributed by atoms with Crippen LogP contribution < -0.4 is 5.48 Å². The van der Waals surface area contributed by atoms with E-state index in [4.69, 9.17) is 28.0 Å². The van der Waals surface area contributed by atoms with Gasteiger partial charge in [-0.25, -0.2) is 5.48 Å². The number of rotatable bonds is 3. The van der Waals surface area contributed by atoms with Crippen LogP contribution in [-0.2, 0) is 9.63 Å². The topological polar surface area (TPSA) is 38.3 Å². The zero-order valence-electron chi connectivity index (χ0n) is 12.5. The van der Waals surface area contributed by atoms with Crippen LogP contribution in [0, 0.1) is 0 Å². The van der Waals surface area contributed by atoms with Crippen molar-refractivity contribution in [2.75, 3.05) is 0 Å². The van der Waals surface area contributed by atoms with Gasteiger partial charge in [-0.05, 0) is 29.7 Å². The lowest BCUT2D eigenvalue weighted by molar-refractivity contribution is -0.145. The van der Waals surface area contributed by atoms with E-state index >= 15 is 0 Å². The van der Waals surface area contributed by atoms with E-state index in [1.807, 2.05) is 42.5 Å². The number of benzene rings is 2. The summed E-state index contributed by atoms with van der Waals surface area (Å²) in [6, 6.07) is 13.7. The number of fused-ring (bicyclic) bond motifs is 1. The fourth-order valence-corrected chi connectivity index (χ4v) is 3.09. The van der Waals surface area contributed by atoms with Crippen LogP contribution in [0.3, 0.4) is 0 Å². The van der Waals surface area contributed by atoms with Crippen molar-refractivity contribution in [3.05, 3.63) is 75.3 Å². The molecule has 2 aromatic carbocycles. The third-order valence-electron chi connectivity index (χ3n) is 3.83. The van der Waals surface area contributed by atoms with Gasteiger partial charge in [0.05, 0.1) is 15.7 Å². The molecule has 0 saturated heterocycles. The van der Waals surface area contributed by atoms with Crippen LogP contribution in [0.2, 0.25) is 10.0 Å². The Balaban J connectivity index is 1.97. The Morgan fingerprint density at radius 3 is 2.70 bits per heavy atom. The van der Waals surface area contributed by atoms with Crippen LogP contribution in [-0.4, -0.2) is 5.97 Å². The number of carbonyl (C=O) groups excluding carboxylic acids is 1. The molecular weight excluding hydrogens is 333 g/mol. The summed E-state index contributed by atoms with van der Waals surface area (Å²) in [4.78, 5) is 15.9. The highest BCUT2D eigenvalue weighted by molar-refractivity contribution is 6.42. The van der Waals surface area contributed by atoms with E-state index in [0.717, 1.165) is 28.8 Å². The summed E-state index contributed by atoms with van der Waals surface area (Å²) in [6.07, 6.45) is 2.80. The Morgan fingerprint density at radius 2 is 1.96 bits per heavy atom. The van der Waals surface area contributed by atoms with Crippen molar-refractivity contribution in [1.82, 2.24) is 5.48 Å². The Kier molecular flexibility index (Phi) is 4.60. The molecule has 0 aromatic heterocycles. The van der Waals surface area contributed by atoms with Gasteiger partial charge in [0.1, 0.15) is 0 Å². The third-order valence-corrected chi connectivity index (χ3v) is 4.57. The van der Waals surface area contributed by atoms with Crippen LogP contribution in [0.4, 0.5) is 0 Å². The van der Waals surface area contributed by atoms with Crippen molar-refractivity contribution in [3.8, 4) is 0 Å². The minimum atomic E-state index is -0.380. The van der Waals surface area contributed by atoms with E-state index in [1.165, 1.54) is 6.92 Å². The average Bonchev–Trinajstić information content (AvgIpc) is 2.55. The summed E-state index contributed by atoms with van der Waals surface area (Å²) in [6.45, 7) is 1.36. The summed E-state index contributed by atoms with van der Waals surface area (Å²) >= 11 is 12.2. The zero-order valence-corrected chi connectivity index (χ0v) is 14.0. The van der Waals surface area contributed by atoms with E-state index in [-0.39, 0.29) is 11.9 Å². The third kappa shape index (κ3) is 3.36. The molecule has 0 heterocycles. The summed E-state index contributed by atoms with van der Waals surface area (Å²) in [7, 11) is 0. The Bertz CT molecular complexity index is 786. The summed E-state index contributed by atoms with van der Waals surface area (Å²) in [5.74, 6) is -0.196. The van der Waals surface area contributed by atoms with Gasteiger partial charge in [0.25, 0.3) is 0 Å². The normalized spacial score (nSPS) is 16.3. The van der Waals surface area contributed by atoms with Gasteiger partial charge < -0.3 is 4.84 Å². The molecule has 3 nitrogen and oxygen atoms in total. The number of hydroxylamine groups is 1. The predicted molar refractivity (Wildman–Crippen MR) is 92.2 cm³/mol. The smallest absolute Gasteiger partial charge is 0.329 e. The largest absolute Gasteiger partial charge is 0.344 e. The quantitative estimate of drug-likeness (QED) is 0.799. The van der Waals surface area contributed by atoms with Crippen LogP contribution >= 0.6 is 23.2 Å². The monoisotopic (exact) mass is 347 g/mol. The molecule has 118 valence electrons. The zero-order chi connectivity index (χ0) is 16.4. The van der Waals surface area contributed by atoms with Crippen molar-refractivity contribution in [3.63, 3.8) is 0 Å². The lowest BCUT2D eigenvalue weighted by atomic mass is 9.81. The van der Waals surface area contributed by atoms with E-state index < -0.39 is 0 Å². The van der Waals surface area contributed by atoms with Crippen molar-refractivity contribution >= 4 is 34.9 Å². The molecule has 0 saturated carbocycles. The van der Waals surface area contributed by atoms with Gasteiger partial charge in [-0.1, -0.05) is 59.6 Å². The SMILES string of the molecule is CC(=O)ONC1=CC[C@@H](c2ccc(Cl)c(Cl)c2)c2ccccc21. The Hall–Kier alpha value is -1.97. The molecule has 0 aliphatic heterocycles. The van der Waals surface area contributed by atoms with E-state index in [0.29, 0.717) is 10.0 Å². The average molecular weight is 348 g/mol. The van der Waals surface area contributed by atoms with Crippen molar-refractivity contribution < 1.29 is 9.63 Å². The Labute approximate surface area is 144 Å². The first-order valence-corrected chi connectivity index (χ1v) is 7.99. The molecular formula is C18H15Cl2NO2. The van der Waals surface area contributed by atoms with Gasteiger partial charge in [-0.15, -0.1) is 0 Å². The molecule has 0 spiro atoms. The summed E-state index contributed by atoms with van der Waals surface area (Å²) < 4.78 is 0. The van der Waals surface area contributed by atoms with Crippen LogP contribution in [0.25, 0.3) is 5.70 Å². The maximum absolute atomic E-state index is 11.0. The molecule has 0 amide bonds. The van der Waals surface area contributed by atoms with Crippen molar-refractivity contribution in [2.45, 2.75) is 19.3 Å². The second kappa shape index (κ2) is 6.65. The molecule has 1 aliphatic carbocycles. The van der Waals surface area contributed by atoms with E-state index in [9.17, 15) is 4.79 Å². The first-order chi connectivity index (χ1) is 11.1. The number of nitrogens with one attached hydrogen (secondary N) is 1. The number of allylic oxidation sites excluding steroid dienone is 1. The highest BCUT2D eigenvalue weighted by Gasteiger charge is 2.23. The van der Waals surface area contributed by atoms with Gasteiger partial charge >= 0.3 is 5.97 Å². The van der Waals surface area contributed by atoms with Crippen LogP contribution in [0.1, 0.15) is 36.0 Å². The van der Waals surface area contributed by atoms with Gasteiger partial charge in [0.15, 0.2) is 0 Å². The maximum atomic E-state index is 11.0. The van der Waals surface area contributed by atoms with Crippen molar-refractivity contribution in [2.24, 2.45) is 0 Å². The Morgan fingerprint density at radius 1 is 1.17 bits per heavy atom. The fraction of sp³-hybridized carbons (Fsp3) is 0.167. The van der Waals surface area contributed by atoms with Crippen molar-refractivity contribution in [1.29, 1.82) is 0 Å². The number of carbonyl (C=O) groups is 1. The molecule has 5 heteroatoms. The highest BCUT2D eigenvalue weighted by atomic mass is 35.5. The van der Waals surface area contributed by atoms with E-state index in [1.54, 1.807) is 0 Å².